The monoisotopic (exact) mass is 480 g/mol. The topological polar surface area (TPSA) is 44.6 Å². The van der Waals surface area contributed by atoms with E-state index in [0.717, 1.165) is 79.6 Å². The molecule has 33 heavy (non-hydrogen) atoms. The molecule has 0 radical (unpaired) electrons. The zero-order valence-corrected chi connectivity index (χ0v) is 20.4. The van der Waals surface area contributed by atoms with Gasteiger partial charge in [0.15, 0.2) is 0 Å². The first-order chi connectivity index (χ1) is 15.9. The van der Waals surface area contributed by atoms with Crippen molar-refractivity contribution in [2.24, 2.45) is 4.99 Å². The lowest BCUT2D eigenvalue weighted by molar-refractivity contribution is 0.0610. The van der Waals surface area contributed by atoms with Gasteiger partial charge in [-0.3, -0.25) is 4.99 Å². The quantitative estimate of drug-likeness (QED) is 0.411. The third-order valence-corrected chi connectivity index (χ3v) is 7.80. The summed E-state index contributed by atoms with van der Waals surface area (Å²) >= 11 is 12.7. The minimum absolute atomic E-state index is 0.0490. The molecule has 0 saturated heterocycles. The number of anilines is 1. The van der Waals surface area contributed by atoms with Gasteiger partial charge in [-0.05, 0) is 74.9 Å². The van der Waals surface area contributed by atoms with E-state index in [4.69, 9.17) is 28.2 Å². The molecule has 2 N–H and O–H groups in total. The van der Waals surface area contributed by atoms with Crippen molar-refractivity contribution in [3.05, 3.63) is 57.6 Å². The van der Waals surface area contributed by atoms with E-state index in [9.17, 15) is 5.11 Å². The lowest BCUT2D eigenvalue weighted by Crippen LogP contribution is -2.45. The van der Waals surface area contributed by atoms with Crippen molar-refractivity contribution in [2.75, 3.05) is 5.32 Å². The van der Waals surface area contributed by atoms with Crippen LogP contribution < -0.4 is 5.32 Å². The number of aliphatic imine (C=N–C) groups is 1. The first-order valence-corrected chi connectivity index (χ1v) is 12.9. The minimum atomic E-state index is -0.911. The normalized spacial score (nSPS) is 22.2. The second-order valence-electron chi connectivity index (χ2n) is 9.89. The molecule has 2 fully saturated rings. The molecular weight excluding hydrogens is 451 g/mol. The summed E-state index contributed by atoms with van der Waals surface area (Å²) in [5.74, 6) is 6.38. The molecule has 5 heteroatoms. The number of nitrogens with one attached hydrogen (secondary N) is 1. The Hall–Kier alpha value is -1.99. The van der Waals surface area contributed by atoms with Crippen LogP contribution in [0.1, 0.15) is 81.8 Å². The molecule has 1 aliphatic heterocycles. The van der Waals surface area contributed by atoms with Crippen LogP contribution in [0.25, 0.3) is 0 Å². The highest BCUT2D eigenvalue weighted by molar-refractivity contribution is 6.31. The molecule has 2 aliphatic carbocycles. The van der Waals surface area contributed by atoms with Crippen molar-refractivity contribution in [3.8, 4) is 11.8 Å². The number of fused-ring (bicyclic) bond motifs is 1. The molecule has 2 saturated carbocycles. The van der Waals surface area contributed by atoms with Gasteiger partial charge in [0.25, 0.3) is 0 Å². The van der Waals surface area contributed by atoms with Crippen LogP contribution >= 0.6 is 23.2 Å². The Morgan fingerprint density at radius 2 is 1.52 bits per heavy atom. The Balaban J connectivity index is 1.56. The fourth-order valence-corrected chi connectivity index (χ4v) is 5.88. The summed E-state index contributed by atoms with van der Waals surface area (Å²) < 4.78 is 0. The van der Waals surface area contributed by atoms with Crippen molar-refractivity contribution < 1.29 is 5.11 Å². The molecule has 1 heterocycles. The molecule has 3 aliphatic rings. The molecule has 5 rings (SSSR count). The van der Waals surface area contributed by atoms with Gasteiger partial charge in [0, 0.05) is 33.3 Å². The smallest absolute Gasteiger partial charge is 0.125 e. The average molecular weight is 481 g/mol. The Labute approximate surface area is 206 Å². The number of halogens is 2. The van der Waals surface area contributed by atoms with Gasteiger partial charge in [-0.2, -0.15) is 0 Å². The van der Waals surface area contributed by atoms with Crippen molar-refractivity contribution in [3.63, 3.8) is 0 Å². The van der Waals surface area contributed by atoms with Crippen molar-refractivity contribution in [1.29, 1.82) is 0 Å². The van der Waals surface area contributed by atoms with Gasteiger partial charge in [-0.1, -0.05) is 60.7 Å². The van der Waals surface area contributed by atoms with E-state index in [1.165, 1.54) is 19.3 Å². The van der Waals surface area contributed by atoms with E-state index in [2.05, 4.69) is 23.2 Å². The van der Waals surface area contributed by atoms with Gasteiger partial charge in [0.1, 0.15) is 5.60 Å². The third-order valence-electron chi connectivity index (χ3n) is 7.33. The Morgan fingerprint density at radius 1 is 0.848 bits per heavy atom. The van der Waals surface area contributed by atoms with Crippen LogP contribution in [-0.4, -0.2) is 22.0 Å². The van der Waals surface area contributed by atoms with Crippen molar-refractivity contribution >= 4 is 40.3 Å². The number of aliphatic hydroxyl groups is 1. The zero-order chi connectivity index (χ0) is 22.9. The summed E-state index contributed by atoms with van der Waals surface area (Å²) in [7, 11) is 0. The lowest BCUT2D eigenvalue weighted by Gasteiger charge is -2.43. The molecule has 3 nitrogen and oxygen atoms in total. The fourth-order valence-electron chi connectivity index (χ4n) is 5.54. The van der Waals surface area contributed by atoms with Crippen LogP contribution in [0, 0.1) is 11.8 Å². The minimum Gasteiger partial charge on any atom is -0.379 e. The molecule has 2 aromatic rings. The standard InChI is InChI=1S/C28H30Cl2N2O/c29-21-7-9-24(20(17-21)11-16-28(33)14-5-2-6-15-28)31-26-19-27(12-3-1-4-13-27)32-25-10-8-22(30)18-23(25)26/h7-10,17-18,32-33H,1-6,12-15,19H2. The van der Waals surface area contributed by atoms with E-state index in [0.29, 0.717) is 10.0 Å². The van der Waals surface area contributed by atoms with Crippen molar-refractivity contribution in [1.82, 2.24) is 0 Å². The van der Waals surface area contributed by atoms with Crippen LogP contribution in [0.4, 0.5) is 11.4 Å². The van der Waals surface area contributed by atoms with Crippen LogP contribution in [-0.2, 0) is 0 Å². The highest BCUT2D eigenvalue weighted by Gasteiger charge is 2.38. The Morgan fingerprint density at radius 3 is 2.27 bits per heavy atom. The maximum atomic E-state index is 10.9. The Kier molecular flexibility index (Phi) is 6.45. The maximum Gasteiger partial charge on any atom is 0.125 e. The number of benzene rings is 2. The van der Waals surface area contributed by atoms with E-state index >= 15 is 0 Å². The van der Waals surface area contributed by atoms with E-state index in [1.807, 2.05) is 30.3 Å². The van der Waals surface area contributed by atoms with E-state index < -0.39 is 5.60 Å². The van der Waals surface area contributed by atoms with Gasteiger partial charge in [0.05, 0.1) is 17.0 Å². The van der Waals surface area contributed by atoms with Gasteiger partial charge >= 0.3 is 0 Å². The second kappa shape index (κ2) is 9.34. The molecule has 0 unspecified atom stereocenters. The predicted molar refractivity (Wildman–Crippen MR) is 138 cm³/mol. The molecule has 172 valence electrons. The maximum absolute atomic E-state index is 10.9. The largest absolute Gasteiger partial charge is 0.379 e. The zero-order valence-electron chi connectivity index (χ0n) is 18.9. The second-order valence-corrected chi connectivity index (χ2v) is 10.8. The summed E-state index contributed by atoms with van der Waals surface area (Å²) in [4.78, 5) is 5.15. The van der Waals surface area contributed by atoms with Crippen LogP contribution in [0.3, 0.4) is 0 Å². The number of rotatable bonds is 1. The summed E-state index contributed by atoms with van der Waals surface area (Å²) in [6.45, 7) is 0. The number of hydrogen-bond donors (Lipinski definition) is 2. The van der Waals surface area contributed by atoms with Crippen LogP contribution in [0.5, 0.6) is 0 Å². The summed E-state index contributed by atoms with van der Waals surface area (Å²) in [5.41, 5.74) is 3.88. The third kappa shape index (κ3) is 5.09. The lowest BCUT2D eigenvalue weighted by atomic mass is 9.74. The van der Waals surface area contributed by atoms with E-state index in [1.54, 1.807) is 0 Å². The molecule has 1 spiro atoms. The molecule has 0 atom stereocenters. The van der Waals surface area contributed by atoms with Gasteiger partial charge in [-0.25, -0.2) is 0 Å². The Bertz CT molecular complexity index is 1130. The molecule has 0 aromatic heterocycles. The predicted octanol–water partition coefficient (Wildman–Crippen LogP) is 7.68. The van der Waals surface area contributed by atoms with Gasteiger partial charge in [0.2, 0.25) is 0 Å². The van der Waals surface area contributed by atoms with Crippen LogP contribution in [0.2, 0.25) is 10.0 Å². The van der Waals surface area contributed by atoms with Crippen molar-refractivity contribution in [2.45, 2.75) is 81.8 Å². The summed E-state index contributed by atoms with van der Waals surface area (Å²) in [6.07, 6.45) is 11.6. The SMILES string of the molecule is OC1(C#Cc2cc(Cl)ccc2N=C2CC3(CCCCC3)Nc3ccc(Cl)cc32)CCCCC1. The number of nitrogens with zero attached hydrogens (tertiary/aromatic N) is 1. The highest BCUT2D eigenvalue weighted by Crippen LogP contribution is 2.42. The molecular formula is C28H30Cl2N2O. The first-order valence-electron chi connectivity index (χ1n) is 12.1. The number of hydrogen-bond acceptors (Lipinski definition) is 3. The molecule has 2 aromatic carbocycles. The first kappa shape index (κ1) is 22.8. The van der Waals surface area contributed by atoms with Gasteiger partial charge < -0.3 is 10.4 Å². The van der Waals surface area contributed by atoms with E-state index in [-0.39, 0.29) is 5.54 Å². The summed E-state index contributed by atoms with van der Waals surface area (Å²) in [6, 6.07) is 11.7. The average Bonchev–Trinajstić information content (AvgIpc) is 2.81. The summed E-state index contributed by atoms with van der Waals surface area (Å²) in [5, 5.41) is 16.0. The van der Waals surface area contributed by atoms with Gasteiger partial charge in [-0.15, -0.1) is 0 Å². The molecule has 0 bridgehead atoms. The molecule has 0 amide bonds. The van der Waals surface area contributed by atoms with Crippen LogP contribution in [0.15, 0.2) is 41.4 Å². The fraction of sp³-hybridized carbons (Fsp3) is 0.464. The highest BCUT2D eigenvalue weighted by atomic mass is 35.5.